The first kappa shape index (κ1) is 18.1. The van der Waals surface area contributed by atoms with Gasteiger partial charge >= 0.3 is 0 Å². The van der Waals surface area contributed by atoms with E-state index < -0.39 is 40.9 Å². The fraction of sp³-hybridized carbons (Fsp3) is 0.263. The lowest BCUT2D eigenvalue weighted by molar-refractivity contribution is -0.123. The van der Waals surface area contributed by atoms with Crippen LogP contribution in [-0.2, 0) is 23.2 Å². The molecule has 0 heterocycles. The van der Waals surface area contributed by atoms with Gasteiger partial charge in [-0.05, 0) is 30.2 Å². The van der Waals surface area contributed by atoms with Crippen molar-refractivity contribution in [2.24, 2.45) is 0 Å². The van der Waals surface area contributed by atoms with Gasteiger partial charge in [-0.15, -0.1) is 0 Å². The Morgan fingerprint density at radius 1 is 1.19 bits per heavy atom. The smallest absolute Gasteiger partial charge is 0.251 e. The van der Waals surface area contributed by atoms with E-state index in [1.54, 1.807) is 13.0 Å². The van der Waals surface area contributed by atoms with E-state index in [0.717, 1.165) is 0 Å². The fourth-order valence-corrected chi connectivity index (χ4v) is 3.12. The Kier molecular flexibility index (Phi) is 4.58. The van der Waals surface area contributed by atoms with Crippen molar-refractivity contribution in [3.05, 3.63) is 70.0 Å². The quantitative estimate of drug-likeness (QED) is 0.877. The van der Waals surface area contributed by atoms with Crippen molar-refractivity contribution in [1.82, 2.24) is 5.32 Å². The largest absolute Gasteiger partial charge is 0.395 e. The summed E-state index contributed by atoms with van der Waals surface area (Å²) in [5, 5.41) is 11.9. The molecular formula is C19H16F3NO3. The molecule has 3 rings (SSSR count). The predicted octanol–water partition coefficient (Wildman–Crippen LogP) is 2.41. The van der Waals surface area contributed by atoms with Gasteiger partial charge in [0, 0.05) is 36.2 Å². The minimum atomic E-state index is -1.08. The summed E-state index contributed by atoms with van der Waals surface area (Å²) in [7, 11) is 0. The van der Waals surface area contributed by atoms with E-state index in [4.69, 9.17) is 0 Å². The van der Waals surface area contributed by atoms with Gasteiger partial charge in [0.15, 0.2) is 0 Å². The molecule has 0 saturated carbocycles. The first-order chi connectivity index (χ1) is 12.3. The van der Waals surface area contributed by atoms with Gasteiger partial charge in [0.2, 0.25) is 0 Å². The summed E-state index contributed by atoms with van der Waals surface area (Å²) in [6, 6.07) is 5.70. The van der Waals surface area contributed by atoms with Crippen LogP contribution >= 0.6 is 0 Å². The highest BCUT2D eigenvalue weighted by Gasteiger charge is 2.41. The summed E-state index contributed by atoms with van der Waals surface area (Å²) >= 11 is 0. The lowest BCUT2D eigenvalue weighted by Crippen LogP contribution is -2.32. The van der Waals surface area contributed by atoms with Crippen LogP contribution in [0.2, 0.25) is 0 Å². The number of halogens is 3. The number of carbonyl (C=O) groups is 2. The Labute approximate surface area is 147 Å². The molecule has 0 aromatic heterocycles. The van der Waals surface area contributed by atoms with Crippen molar-refractivity contribution in [3.8, 4) is 0 Å². The molecule has 1 atom stereocenters. The standard InChI is InChI=1S/C19H16F3NO3/c1-19(9-24)14-3-2-10(4-11(14)5-17(19)25)18(26)23-8-13-15(21)6-12(20)7-16(13)22/h2-4,6-7,24H,5,8-9H2,1H3,(H,23,26). The maximum atomic E-state index is 13.6. The number of hydrogen-bond donors (Lipinski definition) is 2. The van der Waals surface area contributed by atoms with Crippen molar-refractivity contribution < 1.29 is 27.9 Å². The molecule has 0 saturated heterocycles. The normalized spacial score (nSPS) is 18.7. The topological polar surface area (TPSA) is 66.4 Å². The number of aliphatic hydroxyl groups excluding tert-OH is 1. The van der Waals surface area contributed by atoms with E-state index >= 15 is 0 Å². The molecule has 26 heavy (non-hydrogen) atoms. The maximum Gasteiger partial charge on any atom is 0.251 e. The van der Waals surface area contributed by atoms with Gasteiger partial charge in [-0.2, -0.15) is 0 Å². The minimum absolute atomic E-state index is 0.106. The average molecular weight is 363 g/mol. The number of carbonyl (C=O) groups excluding carboxylic acids is 2. The van der Waals surface area contributed by atoms with Crippen molar-refractivity contribution in [2.45, 2.75) is 25.3 Å². The van der Waals surface area contributed by atoms with Crippen molar-refractivity contribution >= 4 is 11.7 Å². The van der Waals surface area contributed by atoms with Gasteiger partial charge in [0.25, 0.3) is 5.91 Å². The highest BCUT2D eigenvalue weighted by atomic mass is 19.1. The number of ketones is 1. The monoisotopic (exact) mass is 363 g/mol. The first-order valence-electron chi connectivity index (χ1n) is 7.95. The summed E-state index contributed by atoms with van der Waals surface area (Å²) < 4.78 is 40.1. The SMILES string of the molecule is CC1(CO)C(=O)Cc2cc(C(=O)NCc3c(F)cc(F)cc3F)ccc21. The Hall–Kier alpha value is -2.67. The van der Waals surface area contributed by atoms with Crippen molar-refractivity contribution in [1.29, 1.82) is 0 Å². The van der Waals surface area contributed by atoms with Crippen LogP contribution in [0.1, 0.15) is 34.0 Å². The van der Waals surface area contributed by atoms with Crippen LogP contribution < -0.4 is 5.32 Å². The van der Waals surface area contributed by atoms with Gasteiger partial charge in [-0.25, -0.2) is 13.2 Å². The highest BCUT2D eigenvalue weighted by molar-refractivity contribution is 5.99. The van der Waals surface area contributed by atoms with Gasteiger partial charge in [0.1, 0.15) is 23.2 Å². The Bertz CT molecular complexity index is 890. The summed E-state index contributed by atoms with van der Waals surface area (Å²) in [5.41, 5.74) is 0.103. The zero-order chi connectivity index (χ0) is 19.1. The molecule has 1 aliphatic rings. The third-order valence-electron chi connectivity index (χ3n) is 4.78. The van der Waals surface area contributed by atoms with Crippen LogP contribution in [0.3, 0.4) is 0 Å². The molecule has 2 aromatic rings. The van der Waals surface area contributed by atoms with Crippen LogP contribution in [0, 0.1) is 17.5 Å². The molecule has 0 bridgehead atoms. The van der Waals surface area contributed by atoms with Crippen LogP contribution in [-0.4, -0.2) is 23.4 Å². The highest BCUT2D eigenvalue weighted by Crippen LogP contribution is 2.36. The molecule has 0 aliphatic heterocycles. The van der Waals surface area contributed by atoms with E-state index in [9.17, 15) is 27.9 Å². The number of Topliss-reactive ketones (excluding diaryl/α,β-unsaturated/α-hetero) is 1. The van der Waals surface area contributed by atoms with Crippen molar-refractivity contribution in [2.75, 3.05) is 6.61 Å². The van der Waals surface area contributed by atoms with Crippen LogP contribution in [0.4, 0.5) is 13.2 Å². The zero-order valence-electron chi connectivity index (χ0n) is 13.9. The van der Waals surface area contributed by atoms with E-state index in [1.807, 2.05) is 0 Å². The molecule has 2 aromatic carbocycles. The molecule has 136 valence electrons. The van der Waals surface area contributed by atoms with Crippen molar-refractivity contribution in [3.63, 3.8) is 0 Å². The minimum Gasteiger partial charge on any atom is -0.395 e. The number of fused-ring (bicyclic) bond motifs is 1. The molecule has 1 unspecified atom stereocenters. The number of hydrogen-bond acceptors (Lipinski definition) is 3. The molecule has 7 heteroatoms. The van der Waals surface area contributed by atoms with Gasteiger partial charge in [0.05, 0.1) is 12.0 Å². The number of nitrogens with one attached hydrogen (secondary N) is 1. The third kappa shape index (κ3) is 2.99. The van der Waals surface area contributed by atoms with Gasteiger partial charge in [-0.3, -0.25) is 9.59 Å². The fourth-order valence-electron chi connectivity index (χ4n) is 3.12. The molecule has 1 amide bonds. The number of rotatable bonds is 4. The number of aliphatic hydroxyl groups is 1. The summed E-state index contributed by atoms with van der Waals surface area (Å²) in [5.74, 6) is -3.92. The Morgan fingerprint density at radius 3 is 2.46 bits per heavy atom. The predicted molar refractivity (Wildman–Crippen MR) is 87.1 cm³/mol. The Morgan fingerprint density at radius 2 is 1.85 bits per heavy atom. The maximum absolute atomic E-state index is 13.6. The molecule has 0 spiro atoms. The lowest BCUT2D eigenvalue weighted by atomic mass is 9.84. The summed E-state index contributed by atoms with van der Waals surface area (Å²) in [4.78, 5) is 24.4. The number of amides is 1. The summed E-state index contributed by atoms with van der Waals surface area (Å²) in [6.45, 7) is 0.871. The number of benzene rings is 2. The van der Waals surface area contributed by atoms with Crippen LogP contribution in [0.25, 0.3) is 0 Å². The Balaban J connectivity index is 1.79. The molecular weight excluding hydrogens is 347 g/mol. The molecule has 1 aliphatic carbocycles. The van der Waals surface area contributed by atoms with E-state index in [1.165, 1.54) is 12.1 Å². The van der Waals surface area contributed by atoms with Crippen LogP contribution in [0.5, 0.6) is 0 Å². The second kappa shape index (κ2) is 6.57. The van der Waals surface area contributed by atoms with E-state index in [2.05, 4.69) is 5.32 Å². The molecule has 0 fully saturated rings. The van der Waals surface area contributed by atoms with Gasteiger partial charge < -0.3 is 10.4 Å². The third-order valence-corrected chi connectivity index (χ3v) is 4.78. The zero-order valence-corrected chi connectivity index (χ0v) is 13.9. The molecule has 0 radical (unpaired) electrons. The first-order valence-corrected chi connectivity index (χ1v) is 7.95. The average Bonchev–Trinajstić information content (AvgIpc) is 2.84. The second-order valence-corrected chi connectivity index (χ2v) is 6.49. The van der Waals surface area contributed by atoms with Crippen LogP contribution in [0.15, 0.2) is 30.3 Å². The van der Waals surface area contributed by atoms with E-state index in [-0.39, 0.29) is 24.4 Å². The molecule has 4 nitrogen and oxygen atoms in total. The molecule has 2 N–H and O–H groups in total. The second-order valence-electron chi connectivity index (χ2n) is 6.49. The van der Waals surface area contributed by atoms with E-state index in [0.29, 0.717) is 23.3 Å². The lowest BCUT2D eigenvalue weighted by Gasteiger charge is -2.20. The summed E-state index contributed by atoms with van der Waals surface area (Å²) in [6.07, 6.45) is 0.106. The van der Waals surface area contributed by atoms with Gasteiger partial charge in [-0.1, -0.05) is 6.07 Å².